The molecule has 0 atom stereocenters. The molecule has 0 unspecified atom stereocenters. The van der Waals surface area contributed by atoms with Crippen molar-refractivity contribution in [3.05, 3.63) is 52.5 Å². The second-order valence-corrected chi connectivity index (χ2v) is 8.44. The van der Waals surface area contributed by atoms with Crippen LogP contribution < -0.4 is 21.3 Å². The lowest BCUT2D eigenvalue weighted by molar-refractivity contribution is -0.384. The molecule has 0 spiro atoms. The van der Waals surface area contributed by atoms with Gasteiger partial charge in [0.25, 0.3) is 11.6 Å². The molecular formula is C18H21N5O8S. The molecule has 14 heteroatoms. The number of benzene rings is 1. The smallest absolute Gasteiger partial charge is 0.293 e. The molecule has 0 saturated heterocycles. The number of nitrogens with zero attached hydrogens (tertiary/aromatic N) is 1. The first-order chi connectivity index (χ1) is 15.1. The van der Waals surface area contributed by atoms with Crippen molar-refractivity contribution < 1.29 is 32.1 Å². The number of amides is 3. The topological polar surface area (TPSA) is 190 Å². The van der Waals surface area contributed by atoms with Crippen molar-refractivity contribution in [1.29, 1.82) is 0 Å². The summed E-state index contributed by atoms with van der Waals surface area (Å²) < 4.78 is 28.0. The SMILES string of the molecule is CS(=O)(=O)c1ccc(NCCNC(=O)CNC(=O)CNC(=O)c2ccco2)c([N+](=O)[O-])c1. The summed E-state index contributed by atoms with van der Waals surface area (Å²) in [5, 5.41) is 21.1. The third-order valence-electron chi connectivity index (χ3n) is 3.96. The van der Waals surface area contributed by atoms with Gasteiger partial charge in [-0.1, -0.05) is 0 Å². The summed E-state index contributed by atoms with van der Waals surface area (Å²) in [7, 11) is -3.60. The minimum Gasteiger partial charge on any atom is -0.459 e. The van der Waals surface area contributed by atoms with Gasteiger partial charge in [0.2, 0.25) is 11.8 Å². The summed E-state index contributed by atoms with van der Waals surface area (Å²) in [5.74, 6) is -1.62. The molecular weight excluding hydrogens is 446 g/mol. The number of carbonyl (C=O) groups is 3. The maximum Gasteiger partial charge on any atom is 0.293 e. The molecule has 1 heterocycles. The third kappa shape index (κ3) is 7.39. The molecule has 0 aliphatic carbocycles. The van der Waals surface area contributed by atoms with Gasteiger partial charge in [-0.05, 0) is 24.3 Å². The minimum absolute atomic E-state index is 0.0502. The molecule has 13 nitrogen and oxygen atoms in total. The zero-order chi connectivity index (χ0) is 23.7. The van der Waals surface area contributed by atoms with Gasteiger partial charge in [-0.3, -0.25) is 24.5 Å². The van der Waals surface area contributed by atoms with Gasteiger partial charge in [-0.25, -0.2) is 8.42 Å². The van der Waals surface area contributed by atoms with Crippen molar-refractivity contribution in [2.24, 2.45) is 0 Å². The molecule has 0 bridgehead atoms. The number of hydrogen-bond donors (Lipinski definition) is 4. The highest BCUT2D eigenvalue weighted by atomic mass is 32.2. The van der Waals surface area contributed by atoms with Gasteiger partial charge in [-0.15, -0.1) is 0 Å². The molecule has 2 aromatic rings. The van der Waals surface area contributed by atoms with Gasteiger partial charge in [0.1, 0.15) is 5.69 Å². The van der Waals surface area contributed by atoms with E-state index in [1.807, 2.05) is 0 Å². The Morgan fingerprint density at radius 3 is 2.34 bits per heavy atom. The Hall–Kier alpha value is -3.94. The minimum atomic E-state index is -3.60. The average molecular weight is 467 g/mol. The summed E-state index contributed by atoms with van der Waals surface area (Å²) in [6, 6.07) is 6.42. The third-order valence-corrected chi connectivity index (χ3v) is 5.07. The monoisotopic (exact) mass is 467 g/mol. The number of hydrogen-bond acceptors (Lipinski definition) is 9. The number of furan rings is 1. The number of anilines is 1. The van der Waals surface area contributed by atoms with Crippen LogP contribution in [-0.2, 0) is 19.4 Å². The fourth-order valence-corrected chi connectivity index (χ4v) is 3.04. The highest BCUT2D eigenvalue weighted by Crippen LogP contribution is 2.27. The van der Waals surface area contributed by atoms with Crippen molar-refractivity contribution in [1.82, 2.24) is 16.0 Å². The fraction of sp³-hybridized carbons (Fsp3) is 0.278. The Morgan fingerprint density at radius 2 is 1.72 bits per heavy atom. The second kappa shape index (κ2) is 10.9. The molecule has 0 aliphatic heterocycles. The summed E-state index contributed by atoms with van der Waals surface area (Å²) >= 11 is 0. The Balaban J connectivity index is 1.71. The second-order valence-electron chi connectivity index (χ2n) is 6.42. The number of carbonyl (C=O) groups excluding carboxylic acids is 3. The van der Waals surface area contributed by atoms with Crippen molar-refractivity contribution in [2.75, 3.05) is 37.8 Å². The molecule has 1 aromatic heterocycles. The molecule has 172 valence electrons. The van der Waals surface area contributed by atoms with E-state index >= 15 is 0 Å². The first-order valence-electron chi connectivity index (χ1n) is 9.15. The van der Waals surface area contributed by atoms with E-state index in [1.54, 1.807) is 0 Å². The molecule has 0 aliphatic rings. The number of nitro benzene ring substituents is 1. The number of rotatable bonds is 11. The van der Waals surface area contributed by atoms with Crippen LogP contribution in [0, 0.1) is 10.1 Å². The molecule has 4 N–H and O–H groups in total. The predicted molar refractivity (Wildman–Crippen MR) is 112 cm³/mol. The quantitative estimate of drug-likeness (QED) is 0.195. The first kappa shape index (κ1) is 24.3. The normalized spacial score (nSPS) is 10.8. The Morgan fingerprint density at radius 1 is 1.03 bits per heavy atom. The van der Waals surface area contributed by atoms with Crippen LogP contribution in [0.1, 0.15) is 10.6 Å². The Labute approximate surface area is 182 Å². The highest BCUT2D eigenvalue weighted by molar-refractivity contribution is 7.90. The largest absolute Gasteiger partial charge is 0.459 e. The molecule has 0 radical (unpaired) electrons. The van der Waals surface area contributed by atoms with E-state index in [0.29, 0.717) is 0 Å². The summed E-state index contributed by atoms with van der Waals surface area (Å²) in [5.41, 5.74) is -0.319. The molecule has 32 heavy (non-hydrogen) atoms. The lowest BCUT2D eigenvalue weighted by Crippen LogP contribution is -2.42. The van der Waals surface area contributed by atoms with Crippen molar-refractivity contribution in [2.45, 2.75) is 4.90 Å². The van der Waals surface area contributed by atoms with Gasteiger partial charge in [0, 0.05) is 25.4 Å². The van der Waals surface area contributed by atoms with Gasteiger partial charge >= 0.3 is 0 Å². The maximum absolute atomic E-state index is 11.8. The summed E-state index contributed by atoms with van der Waals surface area (Å²) in [6.45, 7) is -0.493. The van der Waals surface area contributed by atoms with Crippen LogP contribution >= 0.6 is 0 Å². The van der Waals surface area contributed by atoms with Gasteiger partial charge in [0.05, 0.1) is 29.2 Å². The van der Waals surface area contributed by atoms with Crippen LogP contribution in [0.5, 0.6) is 0 Å². The Bertz CT molecular complexity index is 1100. The van der Waals surface area contributed by atoms with E-state index in [2.05, 4.69) is 21.3 Å². The molecule has 0 saturated carbocycles. The van der Waals surface area contributed by atoms with Crippen molar-refractivity contribution in [3.8, 4) is 0 Å². The van der Waals surface area contributed by atoms with Crippen LogP contribution in [-0.4, -0.2) is 63.5 Å². The van der Waals surface area contributed by atoms with Crippen LogP contribution in [0.2, 0.25) is 0 Å². The molecule has 0 fully saturated rings. The molecule has 3 amide bonds. The van der Waals surface area contributed by atoms with Crippen molar-refractivity contribution >= 4 is 38.9 Å². The highest BCUT2D eigenvalue weighted by Gasteiger charge is 2.18. The van der Waals surface area contributed by atoms with Crippen LogP contribution in [0.3, 0.4) is 0 Å². The predicted octanol–water partition coefficient (Wildman–Crippen LogP) is -0.334. The lowest BCUT2D eigenvalue weighted by atomic mass is 10.2. The van der Waals surface area contributed by atoms with Crippen LogP contribution in [0.25, 0.3) is 0 Å². The van der Waals surface area contributed by atoms with E-state index < -0.39 is 38.2 Å². The van der Waals surface area contributed by atoms with E-state index in [4.69, 9.17) is 4.42 Å². The zero-order valence-corrected chi connectivity index (χ0v) is 17.7. The van der Waals surface area contributed by atoms with E-state index in [9.17, 15) is 32.9 Å². The zero-order valence-electron chi connectivity index (χ0n) is 16.9. The first-order valence-corrected chi connectivity index (χ1v) is 11.0. The molecule has 2 rings (SSSR count). The summed E-state index contributed by atoms with van der Waals surface area (Å²) in [4.78, 5) is 45.4. The van der Waals surface area contributed by atoms with Crippen molar-refractivity contribution in [3.63, 3.8) is 0 Å². The van der Waals surface area contributed by atoms with Gasteiger partial charge < -0.3 is 25.7 Å². The van der Waals surface area contributed by atoms with Gasteiger partial charge in [-0.2, -0.15) is 0 Å². The fourth-order valence-electron chi connectivity index (χ4n) is 2.40. The number of nitro groups is 1. The lowest BCUT2D eigenvalue weighted by Gasteiger charge is -2.10. The van der Waals surface area contributed by atoms with Crippen LogP contribution in [0.4, 0.5) is 11.4 Å². The Kier molecular flexibility index (Phi) is 8.29. The van der Waals surface area contributed by atoms with E-state index in [1.165, 1.54) is 30.5 Å². The average Bonchev–Trinajstić information content (AvgIpc) is 3.27. The number of sulfone groups is 1. The summed E-state index contributed by atoms with van der Waals surface area (Å²) in [6.07, 6.45) is 2.26. The standard InChI is InChI=1S/C18H21N5O8S/c1-32(29,30)12-4-5-13(14(9-12)23(27)28)19-6-7-20-16(24)10-21-17(25)11-22-18(26)15-3-2-8-31-15/h2-5,8-9,19H,6-7,10-11H2,1H3,(H,20,24)(H,21,25)(H,22,26). The van der Waals surface area contributed by atoms with Crippen LogP contribution in [0.15, 0.2) is 45.9 Å². The van der Waals surface area contributed by atoms with E-state index in [0.717, 1.165) is 12.3 Å². The molecule has 1 aromatic carbocycles. The van der Waals surface area contributed by atoms with Gasteiger partial charge in [0.15, 0.2) is 15.6 Å². The number of nitrogens with one attached hydrogen (secondary N) is 4. The van der Waals surface area contributed by atoms with E-state index in [-0.39, 0.29) is 42.5 Å². The maximum atomic E-state index is 11.8.